The molecule has 0 rings (SSSR count). The molecule has 0 unspecified atom stereocenters. The van der Waals surface area contributed by atoms with Crippen molar-refractivity contribution >= 4 is 47.4 Å². The lowest BCUT2D eigenvalue weighted by atomic mass is 9.88. The molecule has 0 aliphatic rings. The Morgan fingerprint density at radius 2 is 0.538 bits per heavy atom. The number of ether oxygens (including phenoxy) is 6. The summed E-state index contributed by atoms with van der Waals surface area (Å²) in [5.74, 6) is -2.94. The van der Waals surface area contributed by atoms with Gasteiger partial charge in [0.05, 0.1) is 0 Å². The number of Topliss-reactive ketones (excluding diaryl/α,β-unsaturated/α-hetero) is 2. The van der Waals surface area contributed by atoms with Gasteiger partial charge in [-0.25, -0.2) is 0 Å². The molecule has 14 nitrogen and oxygen atoms in total. The van der Waals surface area contributed by atoms with Crippen LogP contribution in [0.15, 0.2) is 0 Å². The Bertz CT molecular complexity index is 1130. The van der Waals surface area contributed by atoms with E-state index in [1.807, 2.05) is 20.8 Å². The number of carbonyl (C=O) groups is 8. The molecule has 0 amide bonds. The van der Waals surface area contributed by atoms with Crippen molar-refractivity contribution in [3.63, 3.8) is 0 Å². The average molecular weight is 743 g/mol. The smallest absolute Gasteiger partial charge is 0.313 e. The van der Waals surface area contributed by atoms with Crippen LogP contribution in [0.5, 0.6) is 0 Å². The fraction of sp³-hybridized carbons (Fsp3) is 0.789. The Balaban J connectivity index is 3.65. The molecule has 0 radical (unpaired) electrons. The Morgan fingerprint density at radius 3 is 0.827 bits per heavy atom. The van der Waals surface area contributed by atoms with Crippen LogP contribution in [0.1, 0.15) is 144 Å². The molecule has 52 heavy (non-hydrogen) atoms. The van der Waals surface area contributed by atoms with Crippen LogP contribution in [0.2, 0.25) is 0 Å². The fourth-order valence-corrected chi connectivity index (χ4v) is 4.28. The Morgan fingerprint density at radius 1 is 0.308 bits per heavy atom. The van der Waals surface area contributed by atoms with Crippen LogP contribution in [-0.4, -0.2) is 87.0 Å². The second kappa shape index (κ2) is 27.8. The van der Waals surface area contributed by atoms with Crippen molar-refractivity contribution in [1.82, 2.24) is 0 Å². The van der Waals surface area contributed by atoms with Gasteiger partial charge in [0.15, 0.2) is 0 Å². The summed E-state index contributed by atoms with van der Waals surface area (Å²) in [5, 5.41) is 0. The van der Waals surface area contributed by atoms with Crippen molar-refractivity contribution < 1.29 is 66.8 Å². The minimum atomic E-state index is -0.675. The van der Waals surface area contributed by atoms with Gasteiger partial charge in [0.25, 0.3) is 0 Å². The van der Waals surface area contributed by atoms with Crippen LogP contribution in [0.25, 0.3) is 0 Å². The lowest BCUT2D eigenvalue weighted by molar-refractivity contribution is -0.154. The molecule has 0 saturated carbocycles. The van der Waals surface area contributed by atoms with Gasteiger partial charge in [-0.3, -0.25) is 38.4 Å². The number of carbonyl (C=O) groups excluding carboxylic acids is 8. The predicted octanol–water partition coefficient (Wildman–Crippen LogP) is 5.72. The maximum atomic E-state index is 11.9. The number of unbranched alkanes of at least 4 members (excludes halogenated alkanes) is 6. The molecule has 0 aromatic heterocycles. The first-order chi connectivity index (χ1) is 24.4. The third-order valence-corrected chi connectivity index (χ3v) is 7.61. The minimum Gasteiger partial charge on any atom is -0.462 e. The quantitative estimate of drug-likeness (QED) is 0.0391. The maximum Gasteiger partial charge on any atom is 0.313 e. The highest BCUT2D eigenvalue weighted by Gasteiger charge is 2.24. The van der Waals surface area contributed by atoms with Crippen LogP contribution in [0.4, 0.5) is 0 Å². The number of hydrogen-bond acceptors (Lipinski definition) is 14. The molecule has 0 heterocycles. The van der Waals surface area contributed by atoms with Crippen molar-refractivity contribution in [2.45, 2.75) is 144 Å². The largest absolute Gasteiger partial charge is 0.462 e. The summed E-state index contributed by atoms with van der Waals surface area (Å²) in [5.41, 5.74) is -0.940. The molecule has 0 N–H and O–H groups in total. The van der Waals surface area contributed by atoms with Crippen molar-refractivity contribution in [2.24, 2.45) is 10.8 Å². The first kappa shape index (κ1) is 48.2. The number of rotatable bonds is 29. The summed E-state index contributed by atoms with van der Waals surface area (Å²) in [6, 6.07) is 0. The van der Waals surface area contributed by atoms with E-state index >= 15 is 0 Å². The number of hydrogen-bond donors (Lipinski definition) is 0. The van der Waals surface area contributed by atoms with Gasteiger partial charge < -0.3 is 28.4 Å². The fourth-order valence-electron chi connectivity index (χ4n) is 4.28. The average Bonchev–Trinajstić information content (AvgIpc) is 3.06. The van der Waals surface area contributed by atoms with E-state index in [0.29, 0.717) is 44.9 Å². The zero-order valence-corrected chi connectivity index (χ0v) is 32.3. The summed E-state index contributed by atoms with van der Waals surface area (Å²) >= 11 is 0. The monoisotopic (exact) mass is 742 g/mol. The molecule has 0 aromatic carbocycles. The third-order valence-electron chi connectivity index (χ3n) is 7.61. The van der Waals surface area contributed by atoms with Crippen molar-refractivity contribution in [3.05, 3.63) is 0 Å². The van der Waals surface area contributed by atoms with Gasteiger partial charge in [-0.1, -0.05) is 60.8 Å². The number of esters is 6. The molecule has 0 spiro atoms. The van der Waals surface area contributed by atoms with Crippen molar-refractivity contribution in [2.75, 3.05) is 39.6 Å². The van der Waals surface area contributed by atoms with E-state index in [2.05, 4.69) is 0 Å². The van der Waals surface area contributed by atoms with E-state index in [0.717, 1.165) is 25.7 Å². The highest BCUT2D eigenvalue weighted by Crippen LogP contribution is 2.19. The highest BCUT2D eigenvalue weighted by atomic mass is 16.6. The van der Waals surface area contributed by atoms with E-state index in [1.165, 1.54) is 0 Å². The van der Waals surface area contributed by atoms with Crippen LogP contribution < -0.4 is 0 Å². The number of ketones is 2. The molecule has 0 fully saturated rings. The molecule has 0 bridgehead atoms. The van der Waals surface area contributed by atoms with E-state index in [9.17, 15) is 38.4 Å². The van der Waals surface area contributed by atoms with Gasteiger partial charge in [-0.2, -0.15) is 0 Å². The summed E-state index contributed by atoms with van der Waals surface area (Å²) in [6.45, 7) is 10.3. The lowest BCUT2D eigenvalue weighted by Crippen LogP contribution is -2.24. The van der Waals surface area contributed by atoms with Crippen LogP contribution in [0, 0.1) is 10.8 Å². The molecular formula is C38H62O14. The first-order valence-electron chi connectivity index (χ1n) is 18.4. The van der Waals surface area contributed by atoms with Gasteiger partial charge in [0.1, 0.15) is 57.6 Å². The van der Waals surface area contributed by atoms with Gasteiger partial charge in [-0.05, 0) is 38.5 Å². The van der Waals surface area contributed by atoms with Gasteiger partial charge in [0, 0.05) is 49.4 Å². The zero-order valence-electron chi connectivity index (χ0n) is 32.3. The molecule has 14 heteroatoms. The van der Waals surface area contributed by atoms with E-state index in [1.54, 1.807) is 20.8 Å². The molecular weight excluding hydrogens is 680 g/mol. The van der Waals surface area contributed by atoms with Crippen LogP contribution in [0.3, 0.4) is 0 Å². The molecule has 0 aromatic rings. The first-order valence-corrected chi connectivity index (χ1v) is 18.4. The van der Waals surface area contributed by atoms with Gasteiger partial charge in [-0.15, -0.1) is 0 Å². The van der Waals surface area contributed by atoms with E-state index < -0.39 is 35.3 Å². The third kappa shape index (κ3) is 28.8. The molecule has 0 aliphatic carbocycles. The van der Waals surface area contributed by atoms with Crippen LogP contribution in [-0.2, 0) is 66.8 Å². The van der Waals surface area contributed by atoms with E-state index in [4.69, 9.17) is 28.4 Å². The molecule has 298 valence electrons. The minimum absolute atomic E-state index is 0.0172. The Kier molecular flexibility index (Phi) is 25.7. The van der Waals surface area contributed by atoms with Crippen molar-refractivity contribution in [3.8, 4) is 0 Å². The maximum absolute atomic E-state index is 11.9. The Labute approximate surface area is 308 Å². The molecule has 0 aliphatic heterocycles. The SMILES string of the molecule is CC(C)(C)C(=O)CCCCCCCC(=O)OCCOC(=O)CCCCC(=O)OCCOC(=O)CCCCC(=O)OCCOC(=O)CC(=O)C(C)(C)C. The van der Waals surface area contributed by atoms with E-state index in [-0.39, 0.29) is 94.7 Å². The standard InChI is InChI=1S/C38H62O14/c1-37(2,3)29(39)16-10-8-7-9-11-17-31(41)47-22-23-48-32(42)18-12-13-19-33(43)49-24-25-50-34(44)20-14-15-21-35(45)51-26-27-52-36(46)28-30(40)38(4,5)6/h7-28H2,1-6H3. The normalized spacial score (nSPS) is 11.3. The topological polar surface area (TPSA) is 192 Å². The second-order valence-corrected chi connectivity index (χ2v) is 14.5. The Hall–Kier alpha value is -3.84. The second-order valence-electron chi connectivity index (χ2n) is 14.5. The summed E-state index contributed by atoms with van der Waals surface area (Å²) in [7, 11) is 0. The highest BCUT2D eigenvalue weighted by molar-refractivity contribution is 5.98. The zero-order chi connectivity index (χ0) is 39.4. The van der Waals surface area contributed by atoms with Gasteiger partial charge in [0.2, 0.25) is 0 Å². The van der Waals surface area contributed by atoms with Gasteiger partial charge >= 0.3 is 35.8 Å². The summed E-state index contributed by atoms with van der Waals surface area (Å²) in [4.78, 5) is 94.5. The molecule has 0 saturated heterocycles. The summed E-state index contributed by atoms with van der Waals surface area (Å²) in [6.07, 6.45) is 6.82. The lowest BCUT2D eigenvalue weighted by Gasteiger charge is -2.16. The predicted molar refractivity (Wildman–Crippen MR) is 189 cm³/mol. The summed E-state index contributed by atoms with van der Waals surface area (Å²) < 4.78 is 30.0. The molecule has 0 atom stereocenters. The van der Waals surface area contributed by atoms with Crippen molar-refractivity contribution in [1.29, 1.82) is 0 Å². The van der Waals surface area contributed by atoms with Crippen LogP contribution >= 0.6 is 0 Å².